The first kappa shape index (κ1) is 39.9. The van der Waals surface area contributed by atoms with Gasteiger partial charge in [-0.1, -0.05) is 0 Å². The second-order valence-corrected chi connectivity index (χ2v) is 32.0. The van der Waals surface area contributed by atoms with Crippen LogP contribution < -0.4 is 28.1 Å². The van der Waals surface area contributed by atoms with Crippen LogP contribution in [0, 0.1) is 0 Å². The first-order chi connectivity index (χ1) is 24.3. The van der Waals surface area contributed by atoms with Gasteiger partial charge < -0.3 is 24.8 Å². The molecule has 2 aliphatic rings. The Labute approximate surface area is 342 Å². The Balaban J connectivity index is 0.00000240. The molecule has 4 heteroatoms. The van der Waals surface area contributed by atoms with E-state index in [2.05, 4.69) is 165 Å². The van der Waals surface area contributed by atoms with E-state index in [1.165, 1.54) is 66.1 Å². The molecule has 0 amide bonds. The smallest absolute Gasteiger partial charge is 1.00 e. The number of allylic oxidation sites excluding steroid dienone is 1. The summed E-state index contributed by atoms with van der Waals surface area (Å²) in [4.78, 5) is 0. The summed E-state index contributed by atoms with van der Waals surface area (Å²) < 4.78 is 1.83. The number of rotatable bonds is 6. The van der Waals surface area contributed by atoms with Gasteiger partial charge in [-0.15, -0.1) is 0 Å². The zero-order valence-electron chi connectivity index (χ0n) is 32.8. The first-order valence-corrected chi connectivity index (χ1v) is 27.6. The summed E-state index contributed by atoms with van der Waals surface area (Å²) in [7, 11) is 0. The average Bonchev–Trinajstić information content (AvgIpc) is 3.63. The van der Waals surface area contributed by atoms with Crippen molar-refractivity contribution in [3.05, 3.63) is 142 Å². The molecule has 2 aliphatic carbocycles. The molecular weight excluding hydrogens is 779 g/mol. The third-order valence-electron chi connectivity index (χ3n) is 11.4. The predicted octanol–water partition coefficient (Wildman–Crippen LogP) is 6.85. The molecule has 1 unspecified atom stereocenters. The van der Waals surface area contributed by atoms with Crippen molar-refractivity contribution in [2.45, 2.75) is 97.6 Å². The van der Waals surface area contributed by atoms with Crippen LogP contribution in [0.2, 0.25) is 13.1 Å². The van der Waals surface area contributed by atoms with Crippen molar-refractivity contribution in [1.82, 2.24) is 0 Å². The molecule has 0 aromatic heterocycles. The maximum Gasteiger partial charge on any atom is -1.00 e. The standard InChI is InChI=1S/C47H45.C2H7Si.2ClH.Zr/c1-8-14-32-25-40-37(19-13-20-38(40)45-35-17-11-9-15-29(35)23-30-16-10-12-18-36(30)45)44(32)43-28-34(47(5,6)7)27-42-39-26-33(46(2,3)4)22-21-31(39)24-41(42)43;1-3-2;;;/h9-13,15-23,25-27,44H,8,14,24H2,1-7H3;3H,1-2H3;2*1H;/q;;;;+2/p-2. The van der Waals surface area contributed by atoms with Crippen LogP contribution >= 0.6 is 0 Å². The maximum atomic E-state index is 2.68. The van der Waals surface area contributed by atoms with Gasteiger partial charge in [-0.25, -0.2) is 0 Å². The van der Waals surface area contributed by atoms with Gasteiger partial charge in [0.2, 0.25) is 0 Å². The van der Waals surface area contributed by atoms with Crippen LogP contribution in [0.15, 0.2) is 103 Å². The van der Waals surface area contributed by atoms with Gasteiger partial charge in [0.25, 0.3) is 0 Å². The van der Waals surface area contributed by atoms with Crippen molar-refractivity contribution in [3.63, 3.8) is 0 Å². The van der Waals surface area contributed by atoms with E-state index in [4.69, 9.17) is 0 Å². The number of halogens is 2. The van der Waals surface area contributed by atoms with Crippen LogP contribution in [0.3, 0.4) is 0 Å². The van der Waals surface area contributed by atoms with Crippen LogP contribution in [0.1, 0.15) is 106 Å². The molecule has 0 spiro atoms. The molecule has 0 fully saturated rings. The summed E-state index contributed by atoms with van der Waals surface area (Å²) in [6, 6.07) is 37.8. The van der Waals surface area contributed by atoms with Crippen LogP contribution in [0.5, 0.6) is 0 Å². The van der Waals surface area contributed by atoms with Gasteiger partial charge >= 0.3 is 321 Å². The van der Waals surface area contributed by atoms with Crippen molar-refractivity contribution in [1.29, 1.82) is 0 Å². The monoisotopic (exact) mass is 828 g/mol. The van der Waals surface area contributed by atoms with E-state index in [0.717, 1.165) is 19.3 Å². The van der Waals surface area contributed by atoms with Gasteiger partial charge in [0, 0.05) is 0 Å². The van der Waals surface area contributed by atoms with Gasteiger partial charge in [0.1, 0.15) is 0 Å². The summed E-state index contributed by atoms with van der Waals surface area (Å²) in [5.74, 6) is -0.472. The van der Waals surface area contributed by atoms with Crippen LogP contribution in [0.4, 0.5) is 0 Å². The fourth-order valence-corrected chi connectivity index (χ4v) is 18.3. The van der Waals surface area contributed by atoms with Crippen LogP contribution in [0.25, 0.3) is 49.9 Å². The summed E-state index contributed by atoms with van der Waals surface area (Å²) in [5.41, 5.74) is 18.5. The Hall–Kier alpha value is -2.74. The summed E-state index contributed by atoms with van der Waals surface area (Å²) >= 11 is -0.795. The molecule has 0 bridgehead atoms. The third kappa shape index (κ3) is 7.01. The largest absolute Gasteiger partial charge is 1.00 e. The van der Waals surface area contributed by atoms with E-state index in [1.807, 2.05) is 3.27 Å². The summed E-state index contributed by atoms with van der Waals surface area (Å²) in [5, 5.41) is 5.33. The molecular formula is C49H52Cl2SiZr. The number of hydrogen-bond donors (Lipinski definition) is 0. The first-order valence-electron chi connectivity index (χ1n) is 19.2. The number of benzene rings is 6. The quantitative estimate of drug-likeness (QED) is 0.127. The van der Waals surface area contributed by atoms with E-state index < -0.39 is 28.3 Å². The zero-order valence-corrected chi connectivity index (χ0v) is 38.0. The summed E-state index contributed by atoms with van der Waals surface area (Å²) in [6.07, 6.45) is 5.99. The van der Waals surface area contributed by atoms with E-state index in [0.29, 0.717) is 5.92 Å². The molecule has 270 valence electrons. The van der Waals surface area contributed by atoms with E-state index in [9.17, 15) is 0 Å². The Morgan fingerprint density at radius 2 is 1.36 bits per heavy atom. The minimum Gasteiger partial charge on any atom is -1.00 e. The van der Waals surface area contributed by atoms with E-state index in [1.54, 1.807) is 22.3 Å². The molecule has 0 saturated heterocycles. The predicted molar refractivity (Wildman–Crippen MR) is 222 cm³/mol. The SMILES string of the molecule is CCCC1=Cc2c(-c3c4ccccc4cc4ccccc34)cccc2C1c1c2c(cc(C(C)(C)C)[c]1[Zr+2][SiH](C)C)-c1cc(C(C)(C)C)ccc1C2.[Cl-].[Cl-]. The van der Waals surface area contributed by atoms with Gasteiger partial charge in [0.05, 0.1) is 0 Å². The van der Waals surface area contributed by atoms with E-state index in [-0.39, 0.29) is 35.6 Å². The van der Waals surface area contributed by atoms with Gasteiger partial charge in [-0.3, -0.25) is 0 Å². The second-order valence-electron chi connectivity index (χ2n) is 17.5. The second kappa shape index (κ2) is 15.1. The Kier molecular flexibility index (Phi) is 11.4. The minimum atomic E-state index is -0.795. The molecule has 0 heterocycles. The van der Waals surface area contributed by atoms with Crippen LogP contribution in [-0.2, 0) is 39.6 Å². The van der Waals surface area contributed by atoms with Crippen molar-refractivity contribution < 1.29 is 47.2 Å². The molecule has 1 atom stereocenters. The molecule has 8 rings (SSSR count). The number of hydrogen-bond acceptors (Lipinski definition) is 0. The van der Waals surface area contributed by atoms with Crippen molar-refractivity contribution in [2.75, 3.05) is 0 Å². The minimum absolute atomic E-state index is 0. The molecule has 6 aromatic carbocycles. The molecule has 0 radical (unpaired) electrons. The Bertz CT molecular complexity index is 2330. The van der Waals surface area contributed by atoms with E-state index >= 15 is 0 Å². The molecule has 0 saturated carbocycles. The maximum absolute atomic E-state index is 2.68. The molecule has 0 nitrogen and oxygen atoms in total. The summed E-state index contributed by atoms with van der Waals surface area (Å²) in [6.45, 7) is 22.1. The number of fused-ring (bicyclic) bond motifs is 6. The van der Waals surface area contributed by atoms with Crippen LogP contribution in [-0.4, -0.2) is 5.92 Å². The average molecular weight is 831 g/mol. The van der Waals surface area contributed by atoms with Gasteiger partial charge in [-0.05, 0) is 0 Å². The van der Waals surface area contributed by atoms with Gasteiger partial charge in [0.15, 0.2) is 0 Å². The fourth-order valence-electron chi connectivity index (χ4n) is 9.00. The topological polar surface area (TPSA) is 0 Å². The molecule has 53 heavy (non-hydrogen) atoms. The molecule has 0 N–H and O–H groups in total. The third-order valence-corrected chi connectivity index (χ3v) is 19.9. The van der Waals surface area contributed by atoms with Crippen molar-refractivity contribution >= 4 is 36.8 Å². The fraction of sp³-hybridized carbons (Fsp3) is 0.306. The Morgan fingerprint density at radius 1 is 0.698 bits per heavy atom. The Morgan fingerprint density at radius 3 is 1.96 bits per heavy atom. The van der Waals surface area contributed by atoms with Crippen molar-refractivity contribution in [2.24, 2.45) is 0 Å². The molecule has 6 aromatic rings. The normalized spacial score (nSPS) is 14.7. The molecule has 0 aliphatic heterocycles. The van der Waals surface area contributed by atoms with Crippen molar-refractivity contribution in [3.8, 4) is 22.3 Å². The zero-order chi connectivity index (χ0) is 35.8. The van der Waals surface area contributed by atoms with Gasteiger partial charge in [-0.2, -0.15) is 0 Å².